The summed E-state index contributed by atoms with van der Waals surface area (Å²) in [7, 11) is 0. The number of nitrogens with one attached hydrogen (secondary N) is 1. The van der Waals surface area contributed by atoms with Gasteiger partial charge in [0.25, 0.3) is 0 Å². The summed E-state index contributed by atoms with van der Waals surface area (Å²) in [4.78, 5) is 18.1. The number of rotatable bonds is 2. The van der Waals surface area contributed by atoms with Crippen molar-refractivity contribution < 1.29 is 0 Å². The van der Waals surface area contributed by atoms with Gasteiger partial charge in [0.1, 0.15) is 0 Å². The summed E-state index contributed by atoms with van der Waals surface area (Å²) in [5.41, 5.74) is 1.69. The van der Waals surface area contributed by atoms with Gasteiger partial charge in [0, 0.05) is 12.7 Å². The normalized spacial score (nSPS) is 10.8. The summed E-state index contributed by atoms with van der Waals surface area (Å²) in [5, 5.41) is 0. The Labute approximate surface area is 75.2 Å². The first kappa shape index (κ1) is 8.04. The Morgan fingerprint density at radius 3 is 3.23 bits per heavy atom. The smallest absolute Gasteiger partial charge is 0.304 e. The molecule has 4 nitrogen and oxygen atoms in total. The number of H-pyrrole nitrogens is 1. The van der Waals surface area contributed by atoms with E-state index in [-0.39, 0.29) is 5.69 Å². The van der Waals surface area contributed by atoms with Crippen LogP contribution >= 0.6 is 0 Å². The van der Waals surface area contributed by atoms with Crippen LogP contribution in [0.1, 0.15) is 13.3 Å². The summed E-state index contributed by atoms with van der Waals surface area (Å²) < 4.78 is 1.73. The maximum atomic E-state index is 11.4. The van der Waals surface area contributed by atoms with Gasteiger partial charge in [0.15, 0.2) is 0 Å². The van der Waals surface area contributed by atoms with Crippen molar-refractivity contribution in [3.8, 4) is 0 Å². The van der Waals surface area contributed by atoms with Gasteiger partial charge in [-0.05, 0) is 12.5 Å². The van der Waals surface area contributed by atoms with E-state index in [1.165, 1.54) is 0 Å². The number of aromatic nitrogens is 3. The lowest BCUT2D eigenvalue weighted by atomic mass is 10.4. The number of nitrogens with zero attached hydrogens (tertiary/aromatic N) is 2. The number of pyridine rings is 1. The van der Waals surface area contributed by atoms with Crippen LogP contribution in [0.2, 0.25) is 0 Å². The van der Waals surface area contributed by atoms with Crippen molar-refractivity contribution in [1.29, 1.82) is 0 Å². The summed E-state index contributed by atoms with van der Waals surface area (Å²) in [6, 6.07) is 1.85. The molecule has 0 fully saturated rings. The Balaban J connectivity index is 2.71. The topological polar surface area (TPSA) is 50.7 Å². The maximum absolute atomic E-state index is 11.4. The lowest BCUT2D eigenvalue weighted by Gasteiger charge is -1.98. The molecule has 68 valence electrons. The average Bonchev–Trinajstić information content (AvgIpc) is 2.44. The number of imidazole rings is 1. The minimum atomic E-state index is -0.0511. The van der Waals surface area contributed by atoms with Crippen LogP contribution in [0.3, 0.4) is 0 Å². The third kappa shape index (κ3) is 1.24. The minimum absolute atomic E-state index is 0.0511. The average molecular weight is 177 g/mol. The van der Waals surface area contributed by atoms with Crippen LogP contribution in [0.15, 0.2) is 23.3 Å². The molecule has 0 aliphatic carbocycles. The Kier molecular flexibility index (Phi) is 1.88. The third-order valence-corrected chi connectivity index (χ3v) is 2.02. The second kappa shape index (κ2) is 3.05. The molecule has 0 aliphatic heterocycles. The van der Waals surface area contributed by atoms with Crippen LogP contribution in [-0.2, 0) is 6.54 Å². The zero-order chi connectivity index (χ0) is 9.26. The molecule has 0 aromatic carbocycles. The highest BCUT2D eigenvalue weighted by Gasteiger charge is 2.03. The highest BCUT2D eigenvalue weighted by atomic mass is 16.1. The minimum Gasteiger partial charge on any atom is -0.304 e. The Hall–Kier alpha value is -1.58. The largest absolute Gasteiger partial charge is 0.326 e. The molecular weight excluding hydrogens is 166 g/mol. The van der Waals surface area contributed by atoms with Gasteiger partial charge >= 0.3 is 5.69 Å². The molecule has 0 radical (unpaired) electrons. The monoisotopic (exact) mass is 177 g/mol. The molecule has 0 bridgehead atoms. The van der Waals surface area contributed by atoms with Crippen molar-refractivity contribution in [3.63, 3.8) is 0 Å². The predicted molar refractivity (Wildman–Crippen MR) is 50.6 cm³/mol. The van der Waals surface area contributed by atoms with E-state index in [4.69, 9.17) is 0 Å². The first-order valence-electron chi connectivity index (χ1n) is 4.35. The zero-order valence-corrected chi connectivity index (χ0v) is 7.45. The van der Waals surface area contributed by atoms with E-state index in [1.54, 1.807) is 17.0 Å². The summed E-state index contributed by atoms with van der Waals surface area (Å²) in [6.45, 7) is 2.80. The fourth-order valence-corrected chi connectivity index (χ4v) is 1.46. The van der Waals surface area contributed by atoms with Crippen LogP contribution in [0.4, 0.5) is 0 Å². The molecular formula is C9H11N3O. The molecule has 2 aromatic rings. The van der Waals surface area contributed by atoms with E-state index in [2.05, 4.69) is 9.97 Å². The van der Waals surface area contributed by atoms with Crippen LogP contribution in [0.5, 0.6) is 0 Å². The number of aromatic amines is 1. The molecule has 0 saturated carbocycles. The Bertz CT molecular complexity index is 469. The van der Waals surface area contributed by atoms with Gasteiger partial charge in [0.2, 0.25) is 0 Å². The highest BCUT2D eigenvalue weighted by Crippen LogP contribution is 2.06. The second-order valence-corrected chi connectivity index (χ2v) is 2.97. The van der Waals surface area contributed by atoms with E-state index in [9.17, 15) is 4.79 Å². The lowest BCUT2D eigenvalue weighted by Crippen LogP contribution is -2.16. The number of hydrogen-bond donors (Lipinski definition) is 1. The molecule has 0 spiro atoms. The van der Waals surface area contributed by atoms with E-state index in [0.29, 0.717) is 0 Å². The molecule has 2 aromatic heterocycles. The zero-order valence-electron chi connectivity index (χ0n) is 7.45. The third-order valence-electron chi connectivity index (χ3n) is 2.02. The summed E-state index contributed by atoms with van der Waals surface area (Å²) in [5.74, 6) is 0. The van der Waals surface area contributed by atoms with Gasteiger partial charge in [-0.2, -0.15) is 0 Å². The standard InChI is InChI=1S/C9H11N3O/c1-2-5-12-8-3-4-10-6-7(8)11-9(12)13/h3-4,6H,2,5H2,1H3,(H,11,13). The Morgan fingerprint density at radius 1 is 1.62 bits per heavy atom. The van der Waals surface area contributed by atoms with Crippen molar-refractivity contribution in [3.05, 3.63) is 28.9 Å². The maximum Gasteiger partial charge on any atom is 0.326 e. The van der Waals surface area contributed by atoms with Crippen molar-refractivity contribution in [2.24, 2.45) is 0 Å². The Morgan fingerprint density at radius 2 is 2.46 bits per heavy atom. The molecule has 4 heteroatoms. The van der Waals surface area contributed by atoms with Crippen LogP contribution in [0.25, 0.3) is 11.0 Å². The van der Waals surface area contributed by atoms with Crippen molar-refractivity contribution in [2.45, 2.75) is 19.9 Å². The lowest BCUT2D eigenvalue weighted by molar-refractivity contribution is 0.674. The van der Waals surface area contributed by atoms with Crippen molar-refractivity contribution in [1.82, 2.24) is 14.5 Å². The van der Waals surface area contributed by atoms with E-state index >= 15 is 0 Å². The fraction of sp³-hybridized carbons (Fsp3) is 0.333. The molecule has 0 atom stereocenters. The molecule has 13 heavy (non-hydrogen) atoms. The van der Waals surface area contributed by atoms with E-state index in [0.717, 1.165) is 24.0 Å². The van der Waals surface area contributed by atoms with E-state index < -0.39 is 0 Å². The van der Waals surface area contributed by atoms with Crippen LogP contribution in [-0.4, -0.2) is 14.5 Å². The highest BCUT2D eigenvalue weighted by molar-refractivity contribution is 5.73. The van der Waals surface area contributed by atoms with Crippen LogP contribution < -0.4 is 5.69 Å². The molecule has 1 N–H and O–H groups in total. The SMILES string of the molecule is CCCn1c(=O)[nH]c2cnccc21. The predicted octanol–water partition coefficient (Wildman–Crippen LogP) is 1.13. The van der Waals surface area contributed by atoms with Crippen molar-refractivity contribution in [2.75, 3.05) is 0 Å². The van der Waals surface area contributed by atoms with Gasteiger partial charge in [-0.25, -0.2) is 4.79 Å². The fourth-order valence-electron chi connectivity index (χ4n) is 1.46. The van der Waals surface area contributed by atoms with Gasteiger partial charge in [0.05, 0.1) is 17.2 Å². The van der Waals surface area contributed by atoms with E-state index in [1.807, 2.05) is 13.0 Å². The number of hydrogen-bond acceptors (Lipinski definition) is 2. The van der Waals surface area contributed by atoms with Gasteiger partial charge in [-0.3, -0.25) is 9.55 Å². The van der Waals surface area contributed by atoms with Gasteiger partial charge in [-0.15, -0.1) is 0 Å². The van der Waals surface area contributed by atoms with Crippen molar-refractivity contribution >= 4 is 11.0 Å². The molecule has 0 unspecified atom stereocenters. The molecule has 0 amide bonds. The number of fused-ring (bicyclic) bond motifs is 1. The molecule has 0 aliphatic rings. The number of aryl methyl sites for hydroxylation is 1. The van der Waals surface area contributed by atoms with Gasteiger partial charge in [-0.1, -0.05) is 6.92 Å². The quantitative estimate of drug-likeness (QED) is 0.747. The first-order chi connectivity index (χ1) is 6.33. The summed E-state index contributed by atoms with van der Waals surface area (Å²) >= 11 is 0. The first-order valence-corrected chi connectivity index (χ1v) is 4.35. The summed E-state index contributed by atoms with van der Waals surface area (Å²) in [6.07, 6.45) is 4.32. The molecule has 0 saturated heterocycles. The molecule has 2 rings (SSSR count). The molecule has 2 heterocycles. The second-order valence-electron chi connectivity index (χ2n) is 2.97. The van der Waals surface area contributed by atoms with Crippen LogP contribution in [0, 0.1) is 0 Å². The van der Waals surface area contributed by atoms with Gasteiger partial charge < -0.3 is 4.98 Å².